The molecular formula is C16H20ClF3N2O4. The van der Waals surface area contributed by atoms with Gasteiger partial charge in [-0.1, -0.05) is 0 Å². The number of anilines is 1. The van der Waals surface area contributed by atoms with Gasteiger partial charge in [-0.3, -0.25) is 4.79 Å². The van der Waals surface area contributed by atoms with Crippen molar-refractivity contribution in [1.29, 1.82) is 0 Å². The lowest BCUT2D eigenvalue weighted by Gasteiger charge is -2.16. The zero-order valence-electron chi connectivity index (χ0n) is 14.0. The lowest BCUT2D eigenvalue weighted by Crippen LogP contribution is -2.27. The van der Waals surface area contributed by atoms with Crippen LogP contribution in [-0.2, 0) is 9.53 Å². The second-order valence-electron chi connectivity index (χ2n) is 5.65. The van der Waals surface area contributed by atoms with Crippen LogP contribution in [0.1, 0.15) is 29.6 Å². The van der Waals surface area contributed by atoms with E-state index in [4.69, 9.17) is 4.74 Å². The topological polar surface area (TPSA) is 76.7 Å². The highest BCUT2D eigenvalue weighted by Gasteiger charge is 2.29. The third-order valence-electron chi connectivity index (χ3n) is 3.66. The molecule has 1 amide bonds. The first-order valence-corrected chi connectivity index (χ1v) is 7.73. The third kappa shape index (κ3) is 6.72. The Bertz CT molecular complexity index is 634. The first-order valence-electron chi connectivity index (χ1n) is 7.73. The van der Waals surface area contributed by atoms with Gasteiger partial charge < -0.3 is 20.1 Å². The molecule has 1 heterocycles. The van der Waals surface area contributed by atoms with Crippen LogP contribution in [0.4, 0.5) is 18.9 Å². The van der Waals surface area contributed by atoms with E-state index in [1.54, 1.807) is 0 Å². The predicted octanol–water partition coefficient (Wildman–Crippen LogP) is 2.92. The first-order chi connectivity index (χ1) is 11.8. The van der Waals surface area contributed by atoms with Gasteiger partial charge in [0.1, 0.15) is 5.75 Å². The van der Waals surface area contributed by atoms with Gasteiger partial charge in [0, 0.05) is 12.5 Å². The van der Waals surface area contributed by atoms with Crippen LogP contribution in [0.25, 0.3) is 0 Å². The Morgan fingerprint density at radius 2 is 2.08 bits per heavy atom. The van der Waals surface area contributed by atoms with E-state index in [1.165, 1.54) is 12.1 Å². The Hall–Kier alpha value is -2.00. The van der Waals surface area contributed by atoms with Crippen molar-refractivity contribution in [3.63, 3.8) is 0 Å². The van der Waals surface area contributed by atoms with Gasteiger partial charge in [-0.25, -0.2) is 4.79 Å². The predicted molar refractivity (Wildman–Crippen MR) is 90.9 cm³/mol. The molecule has 1 aliphatic rings. The molecule has 0 bridgehead atoms. The van der Waals surface area contributed by atoms with Crippen molar-refractivity contribution < 1.29 is 32.2 Å². The smallest absolute Gasteiger partial charge is 0.422 e. The van der Waals surface area contributed by atoms with Gasteiger partial charge in [-0.15, -0.1) is 12.4 Å². The van der Waals surface area contributed by atoms with Crippen LogP contribution >= 0.6 is 12.4 Å². The molecule has 2 N–H and O–H groups in total. The fourth-order valence-corrected chi connectivity index (χ4v) is 2.51. The minimum absolute atomic E-state index is 0. The van der Waals surface area contributed by atoms with Crippen molar-refractivity contribution >= 4 is 30.0 Å². The van der Waals surface area contributed by atoms with Crippen LogP contribution in [-0.4, -0.2) is 44.4 Å². The maximum Gasteiger partial charge on any atom is 0.422 e. The summed E-state index contributed by atoms with van der Waals surface area (Å²) >= 11 is 0. The van der Waals surface area contributed by atoms with E-state index < -0.39 is 18.8 Å². The number of amides is 1. The molecule has 1 aliphatic heterocycles. The Kier molecular flexibility index (Phi) is 8.16. The van der Waals surface area contributed by atoms with Crippen LogP contribution in [0.5, 0.6) is 5.75 Å². The number of ether oxygens (including phenoxy) is 2. The van der Waals surface area contributed by atoms with E-state index in [2.05, 4.69) is 15.4 Å². The average molecular weight is 397 g/mol. The van der Waals surface area contributed by atoms with Crippen LogP contribution in [0.2, 0.25) is 0 Å². The Morgan fingerprint density at radius 1 is 1.35 bits per heavy atom. The quantitative estimate of drug-likeness (QED) is 0.723. The zero-order chi connectivity index (χ0) is 18.4. The van der Waals surface area contributed by atoms with E-state index in [1.807, 2.05) is 0 Å². The number of carbonyl (C=O) groups excluding carboxylic acids is 2. The summed E-state index contributed by atoms with van der Waals surface area (Å²) in [6, 6.07) is 3.82. The van der Waals surface area contributed by atoms with Gasteiger partial charge in [0.05, 0.1) is 18.4 Å². The van der Waals surface area contributed by atoms with Gasteiger partial charge in [-0.05, 0) is 37.6 Å². The molecule has 0 aromatic heterocycles. The number of carbonyl (C=O) groups is 2. The second kappa shape index (κ2) is 9.63. The molecule has 0 aliphatic carbocycles. The molecule has 146 valence electrons. The summed E-state index contributed by atoms with van der Waals surface area (Å²) in [4.78, 5) is 23.6. The van der Waals surface area contributed by atoms with E-state index in [0.717, 1.165) is 32.6 Å². The highest BCUT2D eigenvalue weighted by atomic mass is 35.5. The number of nitrogens with one attached hydrogen (secondary N) is 2. The molecule has 6 nitrogen and oxygen atoms in total. The second-order valence-corrected chi connectivity index (χ2v) is 5.65. The lowest BCUT2D eigenvalue weighted by atomic mass is 10.1. The SMILES string of the molecule is COC(=O)c1ccc(NC(=O)CC2CCCN2)c(OCC(F)(F)F)c1.Cl. The molecular weight excluding hydrogens is 377 g/mol. The summed E-state index contributed by atoms with van der Waals surface area (Å²) in [5.41, 5.74) is 0.0926. The van der Waals surface area contributed by atoms with E-state index >= 15 is 0 Å². The summed E-state index contributed by atoms with van der Waals surface area (Å²) in [5, 5.41) is 5.70. The normalized spacial score (nSPS) is 16.5. The number of hydrogen-bond acceptors (Lipinski definition) is 5. The Balaban J connectivity index is 0.00000338. The maximum absolute atomic E-state index is 12.4. The summed E-state index contributed by atoms with van der Waals surface area (Å²) in [6.07, 6.45) is -2.49. The highest BCUT2D eigenvalue weighted by Crippen LogP contribution is 2.29. The van der Waals surface area contributed by atoms with Gasteiger partial charge in [0.2, 0.25) is 5.91 Å². The van der Waals surface area contributed by atoms with Crippen LogP contribution < -0.4 is 15.4 Å². The zero-order valence-corrected chi connectivity index (χ0v) is 14.8. The first kappa shape index (κ1) is 22.0. The highest BCUT2D eigenvalue weighted by molar-refractivity contribution is 5.95. The van der Waals surface area contributed by atoms with Gasteiger partial charge in [0.15, 0.2) is 6.61 Å². The van der Waals surface area contributed by atoms with E-state index in [-0.39, 0.29) is 47.8 Å². The molecule has 1 unspecified atom stereocenters. The van der Waals surface area contributed by atoms with Gasteiger partial charge in [0.25, 0.3) is 0 Å². The van der Waals surface area contributed by atoms with Crippen LogP contribution in [0.3, 0.4) is 0 Å². The number of methoxy groups -OCH3 is 1. The summed E-state index contributed by atoms with van der Waals surface area (Å²) in [6.45, 7) is -0.698. The fourth-order valence-electron chi connectivity index (χ4n) is 2.51. The standard InChI is InChI=1S/C16H19F3N2O4.ClH/c1-24-15(23)10-4-5-12(13(7-10)25-9-16(17,18)19)21-14(22)8-11-3-2-6-20-11;/h4-5,7,11,20H,2-3,6,8-9H2,1H3,(H,21,22);1H. The monoisotopic (exact) mass is 396 g/mol. The van der Waals surface area contributed by atoms with E-state index in [0.29, 0.717) is 0 Å². The summed E-state index contributed by atoms with van der Waals surface area (Å²) < 4.78 is 46.5. The molecule has 1 aromatic carbocycles. The van der Waals surface area contributed by atoms with Gasteiger partial charge in [-0.2, -0.15) is 13.2 Å². The van der Waals surface area contributed by atoms with Crippen molar-refractivity contribution in [3.05, 3.63) is 23.8 Å². The Morgan fingerprint density at radius 3 is 2.65 bits per heavy atom. The molecule has 1 saturated heterocycles. The third-order valence-corrected chi connectivity index (χ3v) is 3.66. The average Bonchev–Trinajstić information content (AvgIpc) is 3.05. The Labute approximate surface area is 154 Å². The van der Waals surface area contributed by atoms with Crippen LogP contribution in [0.15, 0.2) is 18.2 Å². The van der Waals surface area contributed by atoms with Crippen molar-refractivity contribution in [2.24, 2.45) is 0 Å². The number of hydrogen-bond donors (Lipinski definition) is 2. The minimum atomic E-state index is -4.55. The van der Waals surface area contributed by atoms with Gasteiger partial charge >= 0.3 is 12.1 Å². The van der Waals surface area contributed by atoms with Crippen molar-refractivity contribution in [1.82, 2.24) is 5.32 Å². The molecule has 2 rings (SSSR count). The minimum Gasteiger partial charge on any atom is -0.482 e. The summed E-state index contributed by atoms with van der Waals surface area (Å²) in [5.74, 6) is -1.31. The number of rotatable bonds is 6. The number of alkyl halides is 3. The molecule has 1 aromatic rings. The summed E-state index contributed by atoms with van der Waals surface area (Å²) in [7, 11) is 1.16. The molecule has 0 saturated carbocycles. The molecule has 26 heavy (non-hydrogen) atoms. The van der Waals surface area contributed by atoms with Crippen LogP contribution in [0, 0.1) is 0 Å². The number of benzene rings is 1. The lowest BCUT2D eigenvalue weighted by molar-refractivity contribution is -0.153. The van der Waals surface area contributed by atoms with Crippen molar-refractivity contribution in [2.75, 3.05) is 25.6 Å². The molecule has 0 radical (unpaired) electrons. The van der Waals surface area contributed by atoms with Crippen molar-refractivity contribution in [3.8, 4) is 5.75 Å². The molecule has 1 fully saturated rings. The fraction of sp³-hybridized carbons (Fsp3) is 0.500. The van der Waals surface area contributed by atoms with E-state index in [9.17, 15) is 22.8 Å². The molecule has 1 atom stereocenters. The molecule has 0 spiro atoms. The number of esters is 1. The molecule has 10 heteroatoms. The number of halogens is 4. The largest absolute Gasteiger partial charge is 0.482 e. The maximum atomic E-state index is 12.4. The van der Waals surface area contributed by atoms with Crippen molar-refractivity contribution in [2.45, 2.75) is 31.5 Å².